The van der Waals surface area contributed by atoms with Crippen LogP contribution >= 0.6 is 24.0 Å². The average molecular weight is 435 g/mol. The molecular weight excluding hydrogens is 411 g/mol. The first kappa shape index (κ1) is 21.4. The van der Waals surface area contributed by atoms with Crippen LogP contribution in [0.4, 0.5) is 0 Å². The van der Waals surface area contributed by atoms with Crippen molar-refractivity contribution >= 4 is 29.9 Å². The van der Waals surface area contributed by atoms with E-state index < -0.39 is 0 Å². The highest BCUT2D eigenvalue weighted by molar-refractivity contribution is 6.30. The van der Waals surface area contributed by atoms with Crippen LogP contribution in [0.15, 0.2) is 53.1 Å². The molecule has 154 valence electrons. The topological polar surface area (TPSA) is 63.3 Å². The van der Waals surface area contributed by atoms with E-state index in [9.17, 15) is 4.79 Å². The molecule has 6 nitrogen and oxygen atoms in total. The van der Waals surface area contributed by atoms with E-state index in [1.54, 1.807) is 17.0 Å². The van der Waals surface area contributed by atoms with Crippen LogP contribution in [0.25, 0.3) is 17.1 Å². The number of aromatic nitrogens is 2. The molecule has 1 aliphatic heterocycles. The third-order valence-electron chi connectivity index (χ3n) is 5.05. The number of likely N-dealkylation sites (tertiary alicyclic amines) is 1. The van der Waals surface area contributed by atoms with Gasteiger partial charge in [0, 0.05) is 24.2 Å². The lowest BCUT2D eigenvalue weighted by molar-refractivity contribution is 0.0668. The summed E-state index contributed by atoms with van der Waals surface area (Å²) in [7, 11) is 1.95. The second kappa shape index (κ2) is 9.48. The number of rotatable bonds is 5. The van der Waals surface area contributed by atoms with Gasteiger partial charge in [0.1, 0.15) is 5.69 Å². The molecule has 1 aromatic carbocycles. The fraction of sp³-hybridized carbons (Fsp3) is 0.333. The molecule has 4 rings (SSSR count). The normalized spacial score (nSPS) is 16.5. The minimum atomic E-state index is -0.0469. The molecule has 0 bridgehead atoms. The molecule has 3 heterocycles. The first-order valence-corrected chi connectivity index (χ1v) is 9.87. The summed E-state index contributed by atoms with van der Waals surface area (Å²) < 4.78 is 7.29. The average Bonchev–Trinajstić information content (AvgIpc) is 3.37. The van der Waals surface area contributed by atoms with Crippen molar-refractivity contribution in [3.63, 3.8) is 0 Å². The zero-order valence-corrected chi connectivity index (χ0v) is 17.7. The highest BCUT2D eigenvalue weighted by atomic mass is 35.5. The molecule has 0 spiro atoms. The number of nitrogens with zero attached hydrogens (tertiary/aromatic N) is 3. The van der Waals surface area contributed by atoms with Crippen molar-refractivity contribution in [1.82, 2.24) is 20.0 Å². The summed E-state index contributed by atoms with van der Waals surface area (Å²) in [5, 5.41) is 8.44. The summed E-state index contributed by atoms with van der Waals surface area (Å²) >= 11 is 6.16. The van der Waals surface area contributed by atoms with Gasteiger partial charge in [0.25, 0.3) is 5.91 Å². The number of piperidine rings is 1. The van der Waals surface area contributed by atoms with Crippen LogP contribution < -0.4 is 5.32 Å². The number of hydrogen-bond acceptors (Lipinski definition) is 4. The number of furan rings is 1. The molecule has 3 aromatic rings. The molecule has 29 heavy (non-hydrogen) atoms. The predicted octanol–water partition coefficient (Wildman–Crippen LogP) is 4.28. The van der Waals surface area contributed by atoms with Crippen LogP contribution in [0.1, 0.15) is 23.3 Å². The quantitative estimate of drug-likeness (QED) is 0.650. The molecule has 2 aromatic heterocycles. The summed E-state index contributed by atoms with van der Waals surface area (Å²) in [5.74, 6) is 1.08. The van der Waals surface area contributed by atoms with Gasteiger partial charge in [-0.15, -0.1) is 12.4 Å². The Morgan fingerprint density at radius 3 is 2.90 bits per heavy atom. The van der Waals surface area contributed by atoms with Crippen molar-refractivity contribution in [2.45, 2.75) is 12.8 Å². The molecule has 1 unspecified atom stereocenters. The number of nitrogens with one attached hydrogen (secondary N) is 1. The summed E-state index contributed by atoms with van der Waals surface area (Å²) in [6.45, 7) is 2.43. The lowest BCUT2D eigenvalue weighted by Gasteiger charge is -2.32. The van der Waals surface area contributed by atoms with Crippen LogP contribution in [-0.2, 0) is 0 Å². The van der Waals surface area contributed by atoms with Gasteiger partial charge in [-0.05, 0) is 62.7 Å². The number of benzene rings is 1. The maximum atomic E-state index is 13.2. The van der Waals surface area contributed by atoms with Gasteiger partial charge in [-0.1, -0.05) is 17.7 Å². The first-order chi connectivity index (χ1) is 13.7. The lowest BCUT2D eigenvalue weighted by Crippen LogP contribution is -2.42. The SMILES string of the molecule is CNCC1CCCN(C(=O)c2cc(-c3ccco3)n(-c3cccc(Cl)c3)n2)C1.Cl. The predicted molar refractivity (Wildman–Crippen MR) is 116 cm³/mol. The molecule has 1 atom stereocenters. The van der Waals surface area contributed by atoms with Crippen molar-refractivity contribution in [2.24, 2.45) is 5.92 Å². The fourth-order valence-electron chi connectivity index (χ4n) is 3.76. The first-order valence-electron chi connectivity index (χ1n) is 9.49. The third kappa shape index (κ3) is 4.66. The van der Waals surface area contributed by atoms with Gasteiger partial charge in [0.05, 0.1) is 12.0 Å². The van der Waals surface area contributed by atoms with E-state index in [0.717, 1.165) is 43.9 Å². The maximum absolute atomic E-state index is 13.2. The third-order valence-corrected chi connectivity index (χ3v) is 5.29. The van der Waals surface area contributed by atoms with Gasteiger partial charge in [-0.3, -0.25) is 4.79 Å². The maximum Gasteiger partial charge on any atom is 0.274 e. The van der Waals surface area contributed by atoms with E-state index in [1.807, 2.05) is 48.3 Å². The van der Waals surface area contributed by atoms with Crippen LogP contribution in [0.2, 0.25) is 5.02 Å². The number of amides is 1. The Kier molecular flexibility index (Phi) is 7.00. The van der Waals surface area contributed by atoms with E-state index in [4.69, 9.17) is 16.0 Å². The van der Waals surface area contributed by atoms with Gasteiger partial charge < -0.3 is 14.6 Å². The Morgan fingerprint density at radius 1 is 1.31 bits per heavy atom. The highest BCUT2D eigenvalue weighted by Crippen LogP contribution is 2.27. The highest BCUT2D eigenvalue weighted by Gasteiger charge is 2.27. The van der Waals surface area contributed by atoms with E-state index in [-0.39, 0.29) is 18.3 Å². The van der Waals surface area contributed by atoms with Crippen molar-refractivity contribution in [1.29, 1.82) is 0 Å². The Bertz CT molecular complexity index is 954. The van der Waals surface area contributed by atoms with Gasteiger partial charge >= 0.3 is 0 Å². The summed E-state index contributed by atoms with van der Waals surface area (Å²) in [6, 6.07) is 12.9. The van der Waals surface area contributed by atoms with Gasteiger partial charge in [0.2, 0.25) is 0 Å². The minimum Gasteiger partial charge on any atom is -0.463 e. The van der Waals surface area contributed by atoms with Gasteiger partial charge in [0.15, 0.2) is 11.5 Å². The molecule has 8 heteroatoms. The molecule has 1 fully saturated rings. The number of hydrogen-bond donors (Lipinski definition) is 1. The molecule has 1 amide bonds. The molecule has 0 saturated carbocycles. The summed E-state index contributed by atoms with van der Waals surface area (Å²) in [5.41, 5.74) is 1.92. The molecular formula is C21H24Cl2N4O2. The van der Waals surface area contributed by atoms with Crippen LogP contribution in [0.3, 0.4) is 0 Å². The molecule has 1 aliphatic rings. The number of halogens is 2. The van der Waals surface area contributed by atoms with Crippen molar-refractivity contribution in [3.05, 3.63) is 59.4 Å². The van der Waals surface area contributed by atoms with Gasteiger partial charge in [-0.2, -0.15) is 5.10 Å². The summed E-state index contributed by atoms with van der Waals surface area (Å²) in [6.07, 6.45) is 3.76. The van der Waals surface area contributed by atoms with E-state index in [1.165, 1.54) is 0 Å². The monoisotopic (exact) mass is 434 g/mol. The van der Waals surface area contributed by atoms with Crippen molar-refractivity contribution in [2.75, 3.05) is 26.7 Å². The Morgan fingerprint density at radius 2 is 2.17 bits per heavy atom. The smallest absolute Gasteiger partial charge is 0.274 e. The number of carbonyl (C=O) groups is 1. The van der Waals surface area contributed by atoms with Crippen molar-refractivity contribution < 1.29 is 9.21 Å². The molecule has 0 radical (unpaired) electrons. The fourth-order valence-corrected chi connectivity index (χ4v) is 3.94. The zero-order valence-electron chi connectivity index (χ0n) is 16.2. The largest absolute Gasteiger partial charge is 0.463 e. The Balaban J connectivity index is 0.00000240. The van der Waals surface area contributed by atoms with Gasteiger partial charge in [-0.25, -0.2) is 4.68 Å². The standard InChI is InChI=1S/C21H23ClN4O2.ClH/c1-23-13-15-5-3-9-25(14-15)21(27)18-12-19(20-8-4-10-28-20)26(24-18)17-7-2-6-16(22)11-17;/h2,4,6-8,10-12,15,23H,3,5,9,13-14H2,1H3;1H. The van der Waals surface area contributed by atoms with E-state index in [0.29, 0.717) is 22.4 Å². The Hall–Kier alpha value is -2.28. The second-order valence-electron chi connectivity index (χ2n) is 7.10. The molecule has 1 saturated heterocycles. The van der Waals surface area contributed by atoms with E-state index >= 15 is 0 Å². The lowest BCUT2D eigenvalue weighted by atomic mass is 9.98. The van der Waals surface area contributed by atoms with Crippen molar-refractivity contribution in [3.8, 4) is 17.1 Å². The molecule has 1 N–H and O–H groups in total. The van der Waals surface area contributed by atoms with Crippen LogP contribution in [0.5, 0.6) is 0 Å². The summed E-state index contributed by atoms with van der Waals surface area (Å²) in [4.78, 5) is 15.1. The van der Waals surface area contributed by atoms with Crippen LogP contribution in [-0.4, -0.2) is 47.3 Å². The van der Waals surface area contributed by atoms with E-state index in [2.05, 4.69) is 10.4 Å². The number of carbonyl (C=O) groups excluding carboxylic acids is 1. The molecule has 0 aliphatic carbocycles. The van der Waals surface area contributed by atoms with Crippen LogP contribution in [0, 0.1) is 5.92 Å². The minimum absolute atomic E-state index is 0. The zero-order chi connectivity index (χ0) is 19.5. The Labute approximate surface area is 181 Å². The second-order valence-corrected chi connectivity index (χ2v) is 7.54.